The van der Waals surface area contributed by atoms with E-state index >= 15 is 0 Å². The van der Waals surface area contributed by atoms with Crippen LogP contribution in [0, 0.1) is 17.1 Å². The van der Waals surface area contributed by atoms with E-state index in [1.54, 1.807) is 23.1 Å². The van der Waals surface area contributed by atoms with Gasteiger partial charge in [-0.2, -0.15) is 5.26 Å². The number of benzene rings is 1. The topological polar surface area (TPSA) is 85.1 Å². The first kappa shape index (κ1) is 18.1. The van der Waals surface area contributed by atoms with Gasteiger partial charge in [-0.25, -0.2) is 14.2 Å². The number of nitrogens with one attached hydrogen (secondary N) is 1. The van der Waals surface area contributed by atoms with Crippen molar-refractivity contribution in [2.75, 3.05) is 28.2 Å². The minimum atomic E-state index is -0.592. The quantitative estimate of drug-likeness (QED) is 0.708. The normalized spacial score (nSPS) is 16.7. The summed E-state index contributed by atoms with van der Waals surface area (Å²) in [5, 5.41) is 11.8. The molecule has 8 heteroatoms. The Morgan fingerprint density at radius 3 is 3.00 bits per heavy atom. The third-order valence-electron chi connectivity index (χ3n) is 5.47. The van der Waals surface area contributed by atoms with Crippen LogP contribution in [-0.4, -0.2) is 35.1 Å². The zero-order valence-corrected chi connectivity index (χ0v) is 15.9. The number of halogens is 1. The third kappa shape index (κ3) is 3.01. The van der Waals surface area contributed by atoms with Crippen molar-refractivity contribution in [1.82, 2.24) is 9.97 Å². The fraction of sp³-hybridized carbons (Fsp3) is 0.182. The van der Waals surface area contributed by atoms with Crippen molar-refractivity contribution in [3.8, 4) is 17.3 Å². The van der Waals surface area contributed by atoms with Gasteiger partial charge in [0.1, 0.15) is 0 Å². The summed E-state index contributed by atoms with van der Waals surface area (Å²) in [6.07, 6.45) is 3.30. The van der Waals surface area contributed by atoms with Gasteiger partial charge in [0, 0.05) is 24.8 Å². The summed E-state index contributed by atoms with van der Waals surface area (Å²) in [4.78, 5) is 25.5. The number of fused-ring (bicyclic) bond motifs is 4. The summed E-state index contributed by atoms with van der Waals surface area (Å²) >= 11 is 0. The van der Waals surface area contributed by atoms with Gasteiger partial charge in [0.25, 0.3) is 0 Å². The SMILES string of the molecule is N#Cc1cccc(-c2ccc3c(n2)N(C(=O)Nc2ccncc2F)[C@H]2CCN3C2)c1. The predicted molar refractivity (Wildman–Crippen MR) is 111 cm³/mol. The first-order valence-electron chi connectivity index (χ1n) is 9.60. The first-order valence-corrected chi connectivity index (χ1v) is 9.60. The number of aromatic nitrogens is 2. The van der Waals surface area contributed by atoms with E-state index in [9.17, 15) is 14.4 Å². The Hall–Kier alpha value is -3.99. The maximum absolute atomic E-state index is 14.0. The number of pyridine rings is 2. The van der Waals surface area contributed by atoms with Gasteiger partial charge in [-0.1, -0.05) is 12.1 Å². The molecule has 5 rings (SSSR count). The maximum Gasteiger partial charge on any atom is 0.327 e. The summed E-state index contributed by atoms with van der Waals surface area (Å²) < 4.78 is 14.0. The number of nitriles is 1. The predicted octanol–water partition coefficient (Wildman–Crippen LogP) is 3.79. The minimum absolute atomic E-state index is 0.0457. The number of amides is 2. The Balaban J connectivity index is 1.55. The van der Waals surface area contributed by atoms with Crippen LogP contribution in [0.1, 0.15) is 12.0 Å². The van der Waals surface area contributed by atoms with E-state index in [1.165, 1.54) is 12.3 Å². The zero-order valence-electron chi connectivity index (χ0n) is 15.9. The van der Waals surface area contributed by atoms with Gasteiger partial charge >= 0.3 is 6.03 Å². The zero-order chi connectivity index (χ0) is 20.7. The highest BCUT2D eigenvalue weighted by Gasteiger charge is 2.40. The average Bonchev–Trinajstić information content (AvgIpc) is 3.19. The molecule has 2 aliphatic heterocycles. The number of hydrogen-bond donors (Lipinski definition) is 1. The highest BCUT2D eigenvalue weighted by Crippen LogP contribution is 2.40. The van der Waals surface area contributed by atoms with Gasteiger partial charge in [-0.05, 0) is 36.8 Å². The van der Waals surface area contributed by atoms with E-state index in [0.717, 1.165) is 30.4 Å². The molecule has 1 saturated heterocycles. The second kappa shape index (κ2) is 7.12. The molecule has 4 heterocycles. The molecule has 1 aromatic carbocycles. The van der Waals surface area contributed by atoms with Crippen LogP contribution in [0.2, 0.25) is 0 Å². The molecule has 7 nitrogen and oxygen atoms in total. The van der Waals surface area contributed by atoms with Crippen molar-refractivity contribution in [3.05, 3.63) is 66.2 Å². The van der Waals surface area contributed by atoms with Gasteiger partial charge in [-0.3, -0.25) is 9.88 Å². The highest BCUT2D eigenvalue weighted by molar-refractivity contribution is 6.04. The number of carbonyl (C=O) groups is 1. The summed E-state index contributed by atoms with van der Waals surface area (Å²) in [7, 11) is 0. The summed E-state index contributed by atoms with van der Waals surface area (Å²) in [6.45, 7) is 1.54. The second-order valence-corrected chi connectivity index (χ2v) is 7.28. The number of carbonyl (C=O) groups excluding carboxylic acids is 1. The van der Waals surface area contributed by atoms with Gasteiger partial charge in [0.2, 0.25) is 0 Å². The van der Waals surface area contributed by atoms with Crippen LogP contribution >= 0.6 is 0 Å². The maximum atomic E-state index is 14.0. The molecule has 0 saturated carbocycles. The fourth-order valence-electron chi connectivity index (χ4n) is 4.03. The number of urea groups is 1. The molecular weight excluding hydrogens is 383 g/mol. The molecule has 1 fully saturated rings. The number of hydrogen-bond acceptors (Lipinski definition) is 5. The third-order valence-corrected chi connectivity index (χ3v) is 5.47. The number of anilines is 3. The molecule has 2 aromatic heterocycles. The molecule has 0 radical (unpaired) electrons. The molecular formula is C22H17FN6O. The van der Waals surface area contributed by atoms with Crippen molar-refractivity contribution < 1.29 is 9.18 Å². The van der Waals surface area contributed by atoms with E-state index in [2.05, 4.69) is 21.3 Å². The summed E-state index contributed by atoms with van der Waals surface area (Å²) in [6, 6.07) is 14.1. The lowest BCUT2D eigenvalue weighted by Crippen LogP contribution is -2.48. The lowest BCUT2D eigenvalue weighted by Gasteiger charge is -2.36. The van der Waals surface area contributed by atoms with Crippen LogP contribution in [0.3, 0.4) is 0 Å². The largest absolute Gasteiger partial charge is 0.366 e. The number of nitrogens with zero attached hydrogens (tertiary/aromatic N) is 5. The van der Waals surface area contributed by atoms with Crippen LogP contribution in [0.15, 0.2) is 54.9 Å². The van der Waals surface area contributed by atoms with Crippen molar-refractivity contribution in [2.24, 2.45) is 0 Å². The van der Waals surface area contributed by atoms with Crippen LogP contribution in [-0.2, 0) is 0 Å². The lowest BCUT2D eigenvalue weighted by molar-refractivity contribution is 0.254. The Kier molecular flexibility index (Phi) is 4.29. The smallest absolute Gasteiger partial charge is 0.327 e. The van der Waals surface area contributed by atoms with E-state index in [1.807, 2.05) is 18.2 Å². The molecule has 148 valence electrons. The fourth-order valence-corrected chi connectivity index (χ4v) is 4.03. The van der Waals surface area contributed by atoms with E-state index in [-0.39, 0.29) is 11.7 Å². The Morgan fingerprint density at radius 1 is 1.27 bits per heavy atom. The molecule has 1 N–H and O–H groups in total. The van der Waals surface area contributed by atoms with E-state index in [4.69, 9.17) is 4.98 Å². The summed E-state index contributed by atoms with van der Waals surface area (Å²) in [5.74, 6) is -0.0539. The lowest BCUT2D eigenvalue weighted by atomic mass is 10.1. The molecule has 0 unspecified atom stereocenters. The highest BCUT2D eigenvalue weighted by atomic mass is 19.1. The van der Waals surface area contributed by atoms with Crippen LogP contribution in [0.25, 0.3) is 11.3 Å². The molecule has 1 atom stereocenters. The molecule has 0 aliphatic carbocycles. The Labute approximate surface area is 172 Å². The van der Waals surface area contributed by atoms with Gasteiger partial charge in [0.15, 0.2) is 11.6 Å². The molecule has 2 amide bonds. The molecule has 30 heavy (non-hydrogen) atoms. The van der Waals surface area contributed by atoms with Crippen molar-refractivity contribution in [1.29, 1.82) is 5.26 Å². The first-order chi connectivity index (χ1) is 14.6. The van der Waals surface area contributed by atoms with Crippen molar-refractivity contribution in [2.45, 2.75) is 12.5 Å². The van der Waals surface area contributed by atoms with Crippen LogP contribution in [0.5, 0.6) is 0 Å². The van der Waals surface area contributed by atoms with Gasteiger partial charge < -0.3 is 10.2 Å². The Morgan fingerprint density at radius 2 is 2.17 bits per heavy atom. The monoisotopic (exact) mass is 400 g/mol. The average molecular weight is 400 g/mol. The summed E-state index contributed by atoms with van der Waals surface area (Å²) in [5.41, 5.74) is 2.95. The number of rotatable bonds is 2. The van der Waals surface area contributed by atoms with Crippen molar-refractivity contribution >= 4 is 23.2 Å². The van der Waals surface area contributed by atoms with Crippen molar-refractivity contribution in [3.63, 3.8) is 0 Å². The minimum Gasteiger partial charge on any atom is -0.366 e. The molecule has 2 bridgehead atoms. The van der Waals surface area contributed by atoms with Crippen LogP contribution in [0.4, 0.5) is 26.4 Å². The van der Waals surface area contributed by atoms with Crippen LogP contribution < -0.4 is 15.1 Å². The van der Waals surface area contributed by atoms with Gasteiger partial charge in [-0.15, -0.1) is 0 Å². The standard InChI is InChI=1S/C22H17FN6O/c23-17-12-25-8-6-19(17)27-22(30)29-16-7-9-28(13-16)20-5-4-18(26-21(20)29)15-3-1-2-14(10-15)11-24/h1-6,8,10,12,16H,7,9,13H2,(H,25,27,30)/t16-/m0/s1. The van der Waals surface area contributed by atoms with E-state index < -0.39 is 11.8 Å². The molecule has 2 aliphatic rings. The van der Waals surface area contributed by atoms with Gasteiger partial charge in [0.05, 0.1) is 40.9 Å². The second-order valence-electron chi connectivity index (χ2n) is 7.28. The molecule has 3 aromatic rings. The molecule has 0 spiro atoms. The Bertz CT molecular complexity index is 1190. The van der Waals surface area contributed by atoms with E-state index in [0.29, 0.717) is 23.6 Å².